The Bertz CT molecular complexity index is 1200. The molecule has 32 heavy (non-hydrogen) atoms. The van der Waals surface area contributed by atoms with E-state index in [1.54, 1.807) is 12.1 Å². The third kappa shape index (κ3) is 4.74. The first-order chi connectivity index (χ1) is 15.4. The third-order valence-corrected chi connectivity index (χ3v) is 6.50. The van der Waals surface area contributed by atoms with Crippen molar-refractivity contribution in [1.82, 2.24) is 0 Å². The van der Waals surface area contributed by atoms with Crippen molar-refractivity contribution in [3.8, 4) is 28.4 Å². The van der Waals surface area contributed by atoms with Crippen LogP contribution in [0.15, 0.2) is 65.6 Å². The number of aryl methyl sites for hydroxylation is 2. The van der Waals surface area contributed by atoms with Crippen molar-refractivity contribution in [1.29, 1.82) is 0 Å². The molecule has 0 saturated carbocycles. The Balaban J connectivity index is 1.53. The fraction of sp³-hybridized carbons (Fsp3) is 0.280. The van der Waals surface area contributed by atoms with Gasteiger partial charge in [-0.2, -0.15) is 8.42 Å². The van der Waals surface area contributed by atoms with Crippen LogP contribution in [-0.2, 0) is 14.3 Å². The van der Waals surface area contributed by atoms with E-state index in [0.29, 0.717) is 18.1 Å². The molecule has 1 atom stereocenters. The van der Waals surface area contributed by atoms with Gasteiger partial charge in [-0.15, -0.1) is 0 Å². The molecule has 4 rings (SSSR count). The molecule has 0 N–H and O–H groups in total. The average Bonchev–Trinajstić information content (AvgIpc) is 2.78. The first kappa shape index (κ1) is 22.2. The number of fused-ring (bicyclic) bond motifs is 1. The van der Waals surface area contributed by atoms with Crippen LogP contribution in [0.3, 0.4) is 0 Å². The lowest BCUT2D eigenvalue weighted by molar-refractivity contribution is 0.0561. The molecule has 1 aliphatic heterocycles. The van der Waals surface area contributed by atoms with E-state index in [4.69, 9.17) is 18.4 Å². The highest BCUT2D eigenvalue weighted by molar-refractivity contribution is 7.86. The largest absolute Gasteiger partial charge is 0.494 e. The Morgan fingerprint density at radius 1 is 1.00 bits per heavy atom. The fourth-order valence-corrected chi connectivity index (χ4v) is 4.50. The lowest BCUT2D eigenvalue weighted by Gasteiger charge is -2.28. The van der Waals surface area contributed by atoms with Crippen LogP contribution in [0.2, 0.25) is 0 Å². The van der Waals surface area contributed by atoms with Crippen molar-refractivity contribution in [3.63, 3.8) is 0 Å². The molecule has 0 saturated heterocycles. The maximum absolute atomic E-state index is 12.5. The van der Waals surface area contributed by atoms with Gasteiger partial charge >= 0.3 is 0 Å². The van der Waals surface area contributed by atoms with Gasteiger partial charge in [-0.1, -0.05) is 35.9 Å². The molecule has 1 aliphatic rings. The summed E-state index contributed by atoms with van der Waals surface area (Å²) in [5.74, 6) is 2.00. The van der Waals surface area contributed by atoms with Crippen molar-refractivity contribution in [2.45, 2.75) is 31.8 Å². The molecule has 0 fully saturated rings. The first-order valence-electron chi connectivity index (χ1n) is 10.5. The summed E-state index contributed by atoms with van der Waals surface area (Å²) in [4.78, 5) is 0.117. The molecule has 7 heteroatoms. The number of benzene rings is 3. The minimum absolute atomic E-state index is 0.117. The third-order valence-electron chi connectivity index (χ3n) is 5.21. The zero-order valence-electron chi connectivity index (χ0n) is 18.3. The van der Waals surface area contributed by atoms with Gasteiger partial charge in [0.1, 0.15) is 19.0 Å². The van der Waals surface area contributed by atoms with Gasteiger partial charge in [0.2, 0.25) is 0 Å². The van der Waals surface area contributed by atoms with E-state index in [2.05, 4.69) is 0 Å². The minimum atomic E-state index is -3.88. The Morgan fingerprint density at radius 3 is 2.50 bits per heavy atom. The van der Waals surface area contributed by atoms with Gasteiger partial charge in [0.05, 0.1) is 11.5 Å². The highest BCUT2D eigenvalue weighted by Crippen LogP contribution is 2.42. The molecular weight excluding hydrogens is 428 g/mol. The molecule has 0 bridgehead atoms. The Morgan fingerprint density at radius 2 is 1.78 bits per heavy atom. The molecule has 3 aromatic rings. The van der Waals surface area contributed by atoms with Crippen LogP contribution in [0.4, 0.5) is 0 Å². The summed E-state index contributed by atoms with van der Waals surface area (Å²) in [5.41, 5.74) is 3.87. The molecule has 1 heterocycles. The first-order valence-corrected chi connectivity index (χ1v) is 11.9. The molecule has 0 radical (unpaired) electrons. The maximum atomic E-state index is 12.5. The molecule has 6 nitrogen and oxygen atoms in total. The second-order valence-electron chi connectivity index (χ2n) is 7.65. The summed E-state index contributed by atoms with van der Waals surface area (Å²) in [6.07, 6.45) is -0.563. The SMILES string of the molecule is CCOc1ccc(-c2cccc3c2O[C@@H](COS(=O)(=O)c2ccc(C)cc2)CO3)c(C)c1. The van der Waals surface area contributed by atoms with Crippen molar-refractivity contribution < 1.29 is 26.8 Å². The van der Waals surface area contributed by atoms with Gasteiger partial charge in [0.25, 0.3) is 10.1 Å². The van der Waals surface area contributed by atoms with E-state index in [-0.39, 0.29) is 18.1 Å². The van der Waals surface area contributed by atoms with E-state index < -0.39 is 16.2 Å². The van der Waals surface area contributed by atoms with Gasteiger partial charge in [-0.3, -0.25) is 4.18 Å². The standard InChI is InChI=1S/C25H26O6S/c1-4-28-19-10-13-22(18(3)14-19)23-6-5-7-24-25(23)31-20(15-29-24)16-30-32(26,27)21-11-8-17(2)9-12-21/h5-14,20H,4,15-16H2,1-3H3/t20-/m1/s1. The van der Waals surface area contributed by atoms with Crippen LogP contribution < -0.4 is 14.2 Å². The van der Waals surface area contributed by atoms with Crippen molar-refractivity contribution in [3.05, 3.63) is 71.8 Å². The molecule has 0 aromatic heterocycles. The minimum Gasteiger partial charge on any atom is -0.494 e. The second-order valence-corrected chi connectivity index (χ2v) is 9.26. The fourth-order valence-electron chi connectivity index (χ4n) is 3.56. The molecule has 0 unspecified atom stereocenters. The predicted molar refractivity (Wildman–Crippen MR) is 122 cm³/mol. The lowest BCUT2D eigenvalue weighted by atomic mass is 9.98. The topological polar surface area (TPSA) is 71.1 Å². The summed E-state index contributed by atoms with van der Waals surface area (Å²) in [5, 5.41) is 0. The monoisotopic (exact) mass is 454 g/mol. The van der Waals surface area contributed by atoms with Gasteiger partial charge in [-0.25, -0.2) is 0 Å². The quantitative estimate of drug-likeness (QED) is 0.472. The Labute approximate surface area is 188 Å². The van der Waals surface area contributed by atoms with E-state index in [0.717, 1.165) is 28.0 Å². The Kier molecular flexibility index (Phi) is 6.39. The molecule has 0 aliphatic carbocycles. The molecular formula is C25H26O6S. The number of rotatable bonds is 7. The summed E-state index contributed by atoms with van der Waals surface area (Å²) < 4.78 is 47.9. The van der Waals surface area contributed by atoms with Crippen LogP contribution in [-0.4, -0.2) is 34.3 Å². The van der Waals surface area contributed by atoms with E-state index in [1.165, 1.54) is 12.1 Å². The summed E-state index contributed by atoms with van der Waals surface area (Å²) in [6.45, 7) is 6.50. The Hall–Kier alpha value is -3.03. The number of ether oxygens (including phenoxy) is 3. The van der Waals surface area contributed by atoms with Crippen LogP contribution in [0, 0.1) is 13.8 Å². The van der Waals surface area contributed by atoms with Crippen LogP contribution in [0.1, 0.15) is 18.1 Å². The normalized spacial score (nSPS) is 15.4. The number of para-hydroxylation sites is 1. The molecule has 0 amide bonds. The zero-order chi connectivity index (χ0) is 22.7. The van der Waals surface area contributed by atoms with Gasteiger partial charge in [-0.05, 0) is 62.2 Å². The van der Waals surface area contributed by atoms with Crippen molar-refractivity contribution in [2.24, 2.45) is 0 Å². The highest BCUT2D eigenvalue weighted by atomic mass is 32.2. The van der Waals surface area contributed by atoms with Crippen LogP contribution >= 0.6 is 0 Å². The summed E-state index contributed by atoms with van der Waals surface area (Å²) in [6, 6.07) is 18.1. The second kappa shape index (κ2) is 9.22. The predicted octanol–water partition coefficient (Wildman–Crippen LogP) is 4.91. The van der Waals surface area contributed by atoms with Crippen molar-refractivity contribution >= 4 is 10.1 Å². The number of hydrogen-bond acceptors (Lipinski definition) is 6. The molecule has 168 valence electrons. The summed E-state index contributed by atoms with van der Waals surface area (Å²) >= 11 is 0. The van der Waals surface area contributed by atoms with Crippen LogP contribution in [0.5, 0.6) is 17.2 Å². The average molecular weight is 455 g/mol. The van der Waals surface area contributed by atoms with Crippen LogP contribution in [0.25, 0.3) is 11.1 Å². The molecule has 3 aromatic carbocycles. The molecule has 0 spiro atoms. The van der Waals surface area contributed by atoms with E-state index in [9.17, 15) is 8.42 Å². The maximum Gasteiger partial charge on any atom is 0.297 e. The number of hydrogen-bond donors (Lipinski definition) is 0. The van der Waals surface area contributed by atoms with Gasteiger partial charge in [0.15, 0.2) is 17.6 Å². The highest BCUT2D eigenvalue weighted by Gasteiger charge is 2.27. The lowest BCUT2D eigenvalue weighted by Crippen LogP contribution is -2.34. The zero-order valence-corrected chi connectivity index (χ0v) is 19.1. The van der Waals surface area contributed by atoms with Gasteiger partial charge in [0, 0.05) is 5.56 Å². The van der Waals surface area contributed by atoms with E-state index in [1.807, 2.05) is 57.2 Å². The smallest absolute Gasteiger partial charge is 0.297 e. The van der Waals surface area contributed by atoms with E-state index >= 15 is 0 Å². The van der Waals surface area contributed by atoms with Crippen molar-refractivity contribution in [2.75, 3.05) is 19.8 Å². The van der Waals surface area contributed by atoms with Gasteiger partial charge < -0.3 is 14.2 Å². The summed E-state index contributed by atoms with van der Waals surface area (Å²) in [7, 11) is -3.88.